The molecule has 0 aromatic heterocycles. The van der Waals surface area contributed by atoms with Gasteiger partial charge in [0.2, 0.25) is 11.8 Å². The van der Waals surface area contributed by atoms with Crippen LogP contribution in [0.15, 0.2) is 78.9 Å². The van der Waals surface area contributed by atoms with Crippen molar-refractivity contribution in [3.63, 3.8) is 0 Å². The number of rotatable bonds is 6. The fourth-order valence-electron chi connectivity index (χ4n) is 6.02. The third-order valence-electron chi connectivity index (χ3n) is 7.88. The molecule has 0 bridgehead atoms. The Morgan fingerprint density at radius 3 is 2.30 bits per heavy atom. The van der Waals surface area contributed by atoms with E-state index in [1.807, 2.05) is 30.3 Å². The molecule has 12 heteroatoms. The molecule has 2 N–H and O–H groups in total. The molecule has 2 atom stereocenters. The van der Waals surface area contributed by atoms with Crippen molar-refractivity contribution in [3.8, 4) is 5.75 Å². The number of nitrogens with one attached hydrogen (secondary N) is 1. The lowest BCUT2D eigenvalue weighted by atomic mass is 9.92. The number of alkyl halides is 3. The van der Waals surface area contributed by atoms with Gasteiger partial charge in [-0.15, -0.1) is 0 Å². The number of hydrogen-bond donors (Lipinski definition) is 2. The molecule has 3 aromatic rings. The van der Waals surface area contributed by atoms with E-state index in [9.17, 15) is 32.7 Å². The van der Waals surface area contributed by atoms with E-state index < -0.39 is 41.3 Å². The molecule has 2 heterocycles. The van der Waals surface area contributed by atoms with Crippen molar-refractivity contribution in [1.29, 1.82) is 0 Å². The van der Waals surface area contributed by atoms with Crippen LogP contribution in [0, 0.1) is 0 Å². The standard InChI is InChI=1S/C31H32F3N5O4/c1-30-20-37(18-23-10-6-7-11-25(23)31(32,33)34)28(42)26(16-21-12-14-24(40)15-13-21)38(30)27(41)19-36(2)39(30)29(43)35-17-22-8-4-3-5-9-22/h3-15,26,40H,16-20H2,1-2H3,(H,35,43)/t26-,30?/m0/s1. The summed E-state index contributed by atoms with van der Waals surface area (Å²) < 4.78 is 41.7. The summed E-state index contributed by atoms with van der Waals surface area (Å²) in [4.78, 5) is 44.1. The predicted octanol–water partition coefficient (Wildman–Crippen LogP) is 3.98. The quantitative estimate of drug-likeness (QED) is 0.450. The summed E-state index contributed by atoms with van der Waals surface area (Å²) in [6.45, 7) is 1.05. The molecule has 226 valence electrons. The maximum atomic E-state index is 14.0. The van der Waals surface area contributed by atoms with Gasteiger partial charge in [0.15, 0.2) is 5.66 Å². The summed E-state index contributed by atoms with van der Waals surface area (Å²) in [5.74, 6) is -0.916. The molecule has 0 spiro atoms. The first-order valence-corrected chi connectivity index (χ1v) is 13.8. The van der Waals surface area contributed by atoms with E-state index in [-0.39, 0.29) is 43.9 Å². The Labute approximate surface area is 247 Å². The second-order valence-electron chi connectivity index (χ2n) is 11.0. The Hall–Kier alpha value is -4.58. The number of likely N-dealkylation sites (N-methyl/N-ethyl adjacent to an activating group) is 1. The molecule has 43 heavy (non-hydrogen) atoms. The minimum atomic E-state index is -4.64. The summed E-state index contributed by atoms with van der Waals surface area (Å²) in [6.07, 6.45) is -4.61. The number of carbonyl (C=O) groups is 3. The molecule has 2 aliphatic heterocycles. The smallest absolute Gasteiger partial charge is 0.416 e. The van der Waals surface area contributed by atoms with Crippen LogP contribution in [0.5, 0.6) is 5.75 Å². The topological polar surface area (TPSA) is 96.4 Å². The monoisotopic (exact) mass is 595 g/mol. The second kappa shape index (κ2) is 11.6. The van der Waals surface area contributed by atoms with E-state index in [2.05, 4.69) is 5.32 Å². The Balaban J connectivity index is 1.54. The summed E-state index contributed by atoms with van der Waals surface area (Å²) in [7, 11) is 1.58. The zero-order valence-electron chi connectivity index (χ0n) is 23.7. The van der Waals surface area contributed by atoms with Crippen molar-refractivity contribution in [2.24, 2.45) is 0 Å². The highest BCUT2D eigenvalue weighted by Gasteiger charge is 2.58. The minimum absolute atomic E-state index is 0.0193. The van der Waals surface area contributed by atoms with Gasteiger partial charge in [-0.25, -0.2) is 14.8 Å². The van der Waals surface area contributed by atoms with Gasteiger partial charge >= 0.3 is 12.2 Å². The van der Waals surface area contributed by atoms with E-state index in [4.69, 9.17) is 0 Å². The van der Waals surface area contributed by atoms with Gasteiger partial charge in [0.25, 0.3) is 0 Å². The molecule has 0 aliphatic carbocycles. The molecular weight excluding hydrogens is 563 g/mol. The average Bonchev–Trinajstić information content (AvgIpc) is 2.95. The van der Waals surface area contributed by atoms with Crippen LogP contribution in [0.1, 0.15) is 29.2 Å². The molecule has 0 radical (unpaired) electrons. The SMILES string of the molecule is CN1CC(=O)N2[C@@H](Cc3ccc(O)cc3)C(=O)N(Cc3ccccc3C(F)(F)F)CC2(C)N1C(=O)NCc1ccccc1. The Morgan fingerprint density at radius 2 is 1.63 bits per heavy atom. The second-order valence-corrected chi connectivity index (χ2v) is 11.0. The number of halogens is 3. The molecule has 9 nitrogen and oxygen atoms in total. The Morgan fingerprint density at radius 1 is 0.977 bits per heavy atom. The van der Waals surface area contributed by atoms with E-state index >= 15 is 0 Å². The minimum Gasteiger partial charge on any atom is -0.508 e. The third-order valence-corrected chi connectivity index (χ3v) is 7.88. The molecule has 4 amide bonds. The highest BCUT2D eigenvalue weighted by Crippen LogP contribution is 2.38. The molecule has 0 saturated carbocycles. The van der Waals surface area contributed by atoms with Crippen LogP contribution < -0.4 is 5.32 Å². The zero-order valence-corrected chi connectivity index (χ0v) is 23.7. The van der Waals surface area contributed by atoms with Crippen molar-refractivity contribution >= 4 is 17.8 Å². The van der Waals surface area contributed by atoms with E-state index in [0.29, 0.717) is 5.56 Å². The number of hydrazine groups is 1. The van der Waals surface area contributed by atoms with Crippen LogP contribution in [0.25, 0.3) is 0 Å². The summed E-state index contributed by atoms with van der Waals surface area (Å²) >= 11 is 0. The number of benzene rings is 3. The normalized spacial score (nSPS) is 21.1. The van der Waals surface area contributed by atoms with E-state index in [0.717, 1.165) is 11.6 Å². The van der Waals surface area contributed by atoms with E-state index in [1.54, 1.807) is 26.1 Å². The molecule has 2 aliphatic rings. The molecular formula is C31H32F3N5O4. The molecule has 3 aromatic carbocycles. The number of urea groups is 1. The number of aromatic hydroxyl groups is 1. The number of nitrogens with zero attached hydrogens (tertiary/aromatic N) is 4. The van der Waals surface area contributed by atoms with Crippen molar-refractivity contribution in [2.75, 3.05) is 20.1 Å². The van der Waals surface area contributed by atoms with E-state index in [1.165, 1.54) is 50.1 Å². The number of amides is 4. The van der Waals surface area contributed by atoms with Crippen molar-refractivity contribution in [3.05, 3.63) is 101 Å². The fourth-order valence-corrected chi connectivity index (χ4v) is 6.02. The third kappa shape index (κ3) is 6.00. The highest BCUT2D eigenvalue weighted by atomic mass is 19.4. The summed E-state index contributed by atoms with van der Waals surface area (Å²) in [6, 6.07) is 18.8. The van der Waals surface area contributed by atoms with Gasteiger partial charge in [-0.05, 0) is 41.8 Å². The van der Waals surface area contributed by atoms with Gasteiger partial charge in [-0.2, -0.15) is 13.2 Å². The fraction of sp³-hybridized carbons (Fsp3) is 0.323. The molecule has 2 saturated heterocycles. The summed E-state index contributed by atoms with van der Waals surface area (Å²) in [5, 5.41) is 15.5. The van der Waals surface area contributed by atoms with Gasteiger partial charge < -0.3 is 20.2 Å². The molecule has 5 rings (SSSR count). The first-order valence-electron chi connectivity index (χ1n) is 13.8. The van der Waals surface area contributed by atoms with Crippen molar-refractivity contribution < 1.29 is 32.7 Å². The van der Waals surface area contributed by atoms with Crippen molar-refractivity contribution in [1.82, 2.24) is 25.1 Å². The molecule has 2 fully saturated rings. The Kier molecular flexibility index (Phi) is 8.06. The largest absolute Gasteiger partial charge is 0.508 e. The number of piperazine rings is 1. The van der Waals surface area contributed by atoms with Crippen LogP contribution in [-0.2, 0) is 35.3 Å². The zero-order chi connectivity index (χ0) is 30.9. The lowest BCUT2D eigenvalue weighted by Crippen LogP contribution is -2.82. The number of fused-ring (bicyclic) bond motifs is 1. The average molecular weight is 596 g/mol. The predicted molar refractivity (Wildman–Crippen MR) is 151 cm³/mol. The lowest BCUT2D eigenvalue weighted by Gasteiger charge is -2.60. The van der Waals surface area contributed by atoms with Crippen LogP contribution in [0.3, 0.4) is 0 Å². The maximum absolute atomic E-state index is 14.0. The van der Waals surface area contributed by atoms with Crippen LogP contribution in [0.2, 0.25) is 0 Å². The first-order chi connectivity index (χ1) is 20.4. The number of phenolic OH excluding ortho intramolecular Hbond substituents is 1. The number of carbonyl (C=O) groups excluding carboxylic acids is 3. The van der Waals surface area contributed by atoms with Gasteiger partial charge in [-0.3, -0.25) is 9.59 Å². The maximum Gasteiger partial charge on any atom is 0.416 e. The van der Waals surface area contributed by atoms with Gasteiger partial charge in [0, 0.05) is 26.6 Å². The van der Waals surface area contributed by atoms with Crippen molar-refractivity contribution in [2.45, 2.75) is 44.3 Å². The number of phenols is 1. The first kappa shape index (κ1) is 29.9. The van der Waals surface area contributed by atoms with Crippen LogP contribution >= 0.6 is 0 Å². The highest BCUT2D eigenvalue weighted by molar-refractivity contribution is 5.92. The van der Waals surface area contributed by atoms with Gasteiger partial charge in [-0.1, -0.05) is 60.7 Å². The Bertz CT molecular complexity index is 1500. The van der Waals surface area contributed by atoms with Gasteiger partial charge in [0.1, 0.15) is 11.8 Å². The van der Waals surface area contributed by atoms with Gasteiger partial charge in [0.05, 0.1) is 18.7 Å². The van der Waals surface area contributed by atoms with Crippen LogP contribution in [0.4, 0.5) is 18.0 Å². The number of hydrogen-bond acceptors (Lipinski definition) is 5. The summed E-state index contributed by atoms with van der Waals surface area (Å²) in [5.41, 5.74) is -0.918. The molecule has 1 unspecified atom stereocenters. The lowest BCUT2D eigenvalue weighted by molar-refractivity contribution is -0.213. The van der Waals surface area contributed by atoms with Crippen LogP contribution in [-0.4, -0.2) is 74.6 Å².